The number of hydrogen-bond acceptors (Lipinski definition) is 4. The van der Waals surface area contributed by atoms with Gasteiger partial charge in [-0.25, -0.2) is 8.42 Å². The molecule has 1 atom stereocenters. The Labute approximate surface area is 288 Å². The second-order valence-corrected chi connectivity index (χ2v) is 14.9. The molecule has 0 bridgehead atoms. The van der Waals surface area contributed by atoms with Gasteiger partial charge in [0.1, 0.15) is 12.6 Å². The zero-order valence-electron chi connectivity index (χ0n) is 27.5. The molecule has 0 radical (unpaired) electrons. The van der Waals surface area contributed by atoms with Crippen LogP contribution in [0.15, 0.2) is 112 Å². The third kappa shape index (κ3) is 9.78. The molecular formula is C38H44BrN3O4S. The van der Waals surface area contributed by atoms with Gasteiger partial charge in [0, 0.05) is 24.0 Å². The van der Waals surface area contributed by atoms with Crippen LogP contribution in [-0.2, 0) is 32.6 Å². The van der Waals surface area contributed by atoms with Gasteiger partial charge in [-0.15, -0.1) is 0 Å². The van der Waals surface area contributed by atoms with E-state index in [0.717, 1.165) is 43.9 Å². The van der Waals surface area contributed by atoms with Crippen LogP contribution in [0.25, 0.3) is 0 Å². The van der Waals surface area contributed by atoms with Crippen LogP contribution in [0.5, 0.6) is 0 Å². The standard InChI is InChI=1S/C38H44BrN3O4S/c1-5-6-23-40-38(44)36(25-30-11-8-7-9-12-30)41(26-31-13-10-14-33(39)24-31)37(43)27-42(34-19-17-32(18-20-34)28(2)3)47(45,46)35-21-15-29(4)16-22-35/h7-22,24,28,36H,5-6,23,25-27H2,1-4H3,(H,40,44)/t36-/m1/s1. The number of nitrogens with zero attached hydrogens (tertiary/aromatic N) is 2. The molecule has 0 saturated carbocycles. The first-order chi connectivity index (χ1) is 22.5. The summed E-state index contributed by atoms with van der Waals surface area (Å²) in [5.41, 5.74) is 4.05. The van der Waals surface area contributed by atoms with E-state index in [2.05, 4.69) is 35.1 Å². The second kappa shape index (κ2) is 16.7. The maximum atomic E-state index is 14.6. The molecule has 0 saturated heterocycles. The number of halogens is 1. The molecule has 9 heteroatoms. The summed E-state index contributed by atoms with van der Waals surface area (Å²) in [4.78, 5) is 30.1. The van der Waals surface area contributed by atoms with Gasteiger partial charge in [0.15, 0.2) is 0 Å². The molecule has 0 aliphatic rings. The number of amides is 2. The highest BCUT2D eigenvalue weighted by Crippen LogP contribution is 2.27. The summed E-state index contributed by atoms with van der Waals surface area (Å²) in [7, 11) is -4.16. The van der Waals surface area contributed by atoms with Crippen molar-refractivity contribution in [1.29, 1.82) is 0 Å². The summed E-state index contributed by atoms with van der Waals surface area (Å²) in [6.07, 6.45) is 1.98. The maximum Gasteiger partial charge on any atom is 0.264 e. The molecule has 0 fully saturated rings. The lowest BCUT2D eigenvalue weighted by atomic mass is 10.0. The number of unbranched alkanes of at least 4 members (excludes halogenated alkanes) is 1. The minimum atomic E-state index is -4.16. The number of hydrogen-bond donors (Lipinski definition) is 1. The van der Waals surface area contributed by atoms with Crippen LogP contribution in [0.2, 0.25) is 0 Å². The van der Waals surface area contributed by atoms with E-state index in [9.17, 15) is 18.0 Å². The lowest BCUT2D eigenvalue weighted by Crippen LogP contribution is -2.53. The molecule has 0 aliphatic carbocycles. The summed E-state index contributed by atoms with van der Waals surface area (Å²) in [6, 6.07) is 30.1. The Kier molecular flexibility index (Phi) is 12.8. The van der Waals surface area contributed by atoms with Crippen molar-refractivity contribution < 1.29 is 18.0 Å². The Morgan fingerprint density at radius 3 is 2.13 bits per heavy atom. The molecule has 1 N–H and O–H groups in total. The number of rotatable bonds is 15. The number of sulfonamides is 1. The normalized spacial score (nSPS) is 12.0. The minimum absolute atomic E-state index is 0.0838. The predicted octanol–water partition coefficient (Wildman–Crippen LogP) is 7.63. The highest BCUT2D eigenvalue weighted by Gasteiger charge is 2.34. The smallest absolute Gasteiger partial charge is 0.264 e. The zero-order chi connectivity index (χ0) is 34.0. The van der Waals surface area contributed by atoms with Crippen molar-refractivity contribution in [1.82, 2.24) is 10.2 Å². The van der Waals surface area contributed by atoms with Crippen molar-refractivity contribution in [2.75, 3.05) is 17.4 Å². The predicted molar refractivity (Wildman–Crippen MR) is 193 cm³/mol. The van der Waals surface area contributed by atoms with E-state index < -0.39 is 28.5 Å². The van der Waals surface area contributed by atoms with Gasteiger partial charge in [-0.05, 0) is 72.4 Å². The van der Waals surface area contributed by atoms with Crippen LogP contribution in [0, 0.1) is 6.92 Å². The van der Waals surface area contributed by atoms with Crippen molar-refractivity contribution in [2.24, 2.45) is 0 Å². The van der Waals surface area contributed by atoms with Crippen molar-refractivity contribution in [2.45, 2.75) is 70.4 Å². The van der Waals surface area contributed by atoms with Crippen molar-refractivity contribution in [3.8, 4) is 0 Å². The molecule has 47 heavy (non-hydrogen) atoms. The highest BCUT2D eigenvalue weighted by atomic mass is 79.9. The van der Waals surface area contributed by atoms with E-state index in [0.29, 0.717) is 12.2 Å². The van der Waals surface area contributed by atoms with E-state index in [-0.39, 0.29) is 29.7 Å². The van der Waals surface area contributed by atoms with Crippen LogP contribution in [-0.4, -0.2) is 44.3 Å². The molecule has 0 aliphatic heterocycles. The molecule has 248 valence electrons. The number of nitrogens with one attached hydrogen (secondary N) is 1. The Morgan fingerprint density at radius 1 is 0.851 bits per heavy atom. The first kappa shape index (κ1) is 35.9. The van der Waals surface area contributed by atoms with Gasteiger partial charge in [-0.3, -0.25) is 13.9 Å². The van der Waals surface area contributed by atoms with E-state index in [1.807, 2.05) is 80.6 Å². The summed E-state index contributed by atoms with van der Waals surface area (Å²) < 4.78 is 30.5. The summed E-state index contributed by atoms with van der Waals surface area (Å²) in [5, 5.41) is 3.03. The molecule has 0 spiro atoms. The lowest BCUT2D eigenvalue weighted by molar-refractivity contribution is -0.140. The Balaban J connectivity index is 1.80. The SMILES string of the molecule is CCCCNC(=O)[C@@H](Cc1ccccc1)N(Cc1cccc(Br)c1)C(=O)CN(c1ccc(C(C)C)cc1)S(=O)(=O)c1ccc(C)cc1. The van der Waals surface area contributed by atoms with Crippen molar-refractivity contribution in [3.63, 3.8) is 0 Å². The molecule has 4 aromatic rings. The van der Waals surface area contributed by atoms with Gasteiger partial charge in [-0.1, -0.05) is 115 Å². The van der Waals surface area contributed by atoms with Gasteiger partial charge >= 0.3 is 0 Å². The molecular weight excluding hydrogens is 674 g/mol. The number of aryl methyl sites for hydroxylation is 1. The van der Waals surface area contributed by atoms with Gasteiger partial charge in [0.05, 0.1) is 10.6 Å². The van der Waals surface area contributed by atoms with Gasteiger partial charge in [-0.2, -0.15) is 0 Å². The van der Waals surface area contributed by atoms with Crippen LogP contribution in [0.3, 0.4) is 0 Å². The van der Waals surface area contributed by atoms with Crippen molar-refractivity contribution >= 4 is 43.5 Å². The maximum absolute atomic E-state index is 14.6. The number of carbonyl (C=O) groups is 2. The highest BCUT2D eigenvalue weighted by molar-refractivity contribution is 9.10. The van der Waals surface area contributed by atoms with Crippen LogP contribution < -0.4 is 9.62 Å². The average Bonchev–Trinajstić information content (AvgIpc) is 3.06. The molecule has 2 amide bonds. The lowest BCUT2D eigenvalue weighted by Gasteiger charge is -2.34. The molecule has 4 rings (SSSR count). The fraction of sp³-hybridized carbons (Fsp3) is 0.316. The quantitative estimate of drug-likeness (QED) is 0.128. The second-order valence-electron chi connectivity index (χ2n) is 12.1. The minimum Gasteiger partial charge on any atom is -0.354 e. The summed E-state index contributed by atoms with van der Waals surface area (Å²) in [6.45, 7) is 8.18. The fourth-order valence-electron chi connectivity index (χ4n) is 5.28. The van der Waals surface area contributed by atoms with Crippen LogP contribution in [0.1, 0.15) is 61.8 Å². The Bertz CT molecular complexity index is 1730. The fourth-order valence-corrected chi connectivity index (χ4v) is 7.14. The third-order valence-corrected chi connectivity index (χ3v) is 10.4. The Morgan fingerprint density at radius 2 is 1.51 bits per heavy atom. The Hall–Kier alpha value is -3.95. The molecule has 7 nitrogen and oxygen atoms in total. The first-order valence-corrected chi connectivity index (χ1v) is 18.3. The van der Waals surface area contributed by atoms with Crippen molar-refractivity contribution in [3.05, 3.63) is 130 Å². The van der Waals surface area contributed by atoms with Gasteiger partial charge in [0.2, 0.25) is 11.8 Å². The number of benzene rings is 4. The molecule has 0 aromatic heterocycles. The number of anilines is 1. The molecule has 4 aromatic carbocycles. The number of carbonyl (C=O) groups excluding carboxylic acids is 2. The van der Waals surface area contributed by atoms with E-state index in [4.69, 9.17) is 0 Å². The first-order valence-electron chi connectivity index (χ1n) is 16.0. The summed E-state index contributed by atoms with van der Waals surface area (Å²) >= 11 is 3.52. The summed E-state index contributed by atoms with van der Waals surface area (Å²) in [5.74, 6) is -0.515. The zero-order valence-corrected chi connectivity index (χ0v) is 29.9. The van der Waals surface area contributed by atoms with Crippen LogP contribution >= 0.6 is 15.9 Å². The molecule has 0 unspecified atom stereocenters. The monoisotopic (exact) mass is 717 g/mol. The van der Waals surface area contributed by atoms with Gasteiger partial charge in [0.25, 0.3) is 10.0 Å². The topological polar surface area (TPSA) is 86.8 Å². The third-order valence-electron chi connectivity index (χ3n) is 8.08. The van der Waals surface area contributed by atoms with Gasteiger partial charge < -0.3 is 10.2 Å². The van der Waals surface area contributed by atoms with E-state index in [1.165, 1.54) is 4.90 Å². The van der Waals surface area contributed by atoms with E-state index >= 15 is 0 Å². The average molecular weight is 719 g/mol. The van der Waals surface area contributed by atoms with Crippen LogP contribution in [0.4, 0.5) is 5.69 Å². The largest absolute Gasteiger partial charge is 0.354 e. The van der Waals surface area contributed by atoms with E-state index in [1.54, 1.807) is 36.4 Å². The molecule has 0 heterocycles.